The zero-order chi connectivity index (χ0) is 20.5. The maximum absolute atomic E-state index is 12.9. The minimum Gasteiger partial charge on any atom is -0.339 e. The molecule has 8 nitrogen and oxygen atoms in total. The largest absolute Gasteiger partial charge is 0.339 e. The van der Waals surface area contributed by atoms with Crippen LogP contribution in [0.1, 0.15) is 28.3 Å². The standard InChI is InChI=1S/C22H22N6O2/c29-21(17-7-4-8-18(13-17)28-15-23-24-25-28)26-9-11-27(12-10-26)22(30)20-14-19(20)16-5-2-1-3-6-16/h1-8,13,15,19-20H,9-12,14H2. The first kappa shape index (κ1) is 18.5. The van der Waals surface area contributed by atoms with Crippen LogP contribution in [0.2, 0.25) is 0 Å². The molecule has 0 spiro atoms. The number of rotatable bonds is 4. The lowest BCUT2D eigenvalue weighted by molar-refractivity contribution is -0.134. The Hall–Kier alpha value is -3.55. The van der Waals surface area contributed by atoms with Gasteiger partial charge >= 0.3 is 0 Å². The van der Waals surface area contributed by atoms with E-state index in [1.165, 1.54) is 16.6 Å². The van der Waals surface area contributed by atoms with Crippen LogP contribution in [-0.4, -0.2) is 68.0 Å². The highest BCUT2D eigenvalue weighted by molar-refractivity contribution is 5.95. The Morgan fingerprint density at radius 1 is 0.900 bits per heavy atom. The van der Waals surface area contributed by atoms with Gasteiger partial charge < -0.3 is 9.80 Å². The highest BCUT2D eigenvalue weighted by Gasteiger charge is 2.46. The van der Waals surface area contributed by atoms with Gasteiger partial charge in [0.1, 0.15) is 6.33 Å². The van der Waals surface area contributed by atoms with E-state index in [4.69, 9.17) is 0 Å². The normalized spacial score (nSPS) is 20.8. The van der Waals surface area contributed by atoms with Crippen LogP contribution in [0, 0.1) is 5.92 Å². The predicted octanol–water partition coefficient (Wildman–Crippen LogP) is 1.75. The second kappa shape index (κ2) is 7.70. The molecule has 1 saturated heterocycles. The van der Waals surface area contributed by atoms with Crippen molar-refractivity contribution in [3.05, 3.63) is 72.1 Å². The SMILES string of the molecule is O=C(c1cccc(-n2cnnn2)c1)N1CCN(C(=O)C2CC2c2ccccc2)CC1. The smallest absolute Gasteiger partial charge is 0.254 e. The fraction of sp³-hybridized carbons (Fsp3) is 0.318. The minimum atomic E-state index is -0.0365. The zero-order valence-corrected chi connectivity index (χ0v) is 16.5. The molecule has 1 aliphatic heterocycles. The molecule has 2 fully saturated rings. The van der Waals surface area contributed by atoms with Crippen molar-refractivity contribution >= 4 is 11.8 Å². The van der Waals surface area contributed by atoms with E-state index in [-0.39, 0.29) is 17.7 Å². The Balaban J connectivity index is 1.19. The summed E-state index contributed by atoms with van der Waals surface area (Å²) in [5.41, 5.74) is 2.57. The molecular formula is C22H22N6O2. The van der Waals surface area contributed by atoms with Gasteiger partial charge in [0.15, 0.2) is 0 Å². The van der Waals surface area contributed by atoms with Crippen LogP contribution in [0.3, 0.4) is 0 Å². The lowest BCUT2D eigenvalue weighted by atomic mass is 10.1. The Bertz CT molecular complexity index is 1040. The predicted molar refractivity (Wildman–Crippen MR) is 109 cm³/mol. The number of piperazine rings is 1. The maximum Gasteiger partial charge on any atom is 0.254 e. The van der Waals surface area contributed by atoms with Crippen molar-refractivity contribution in [2.75, 3.05) is 26.2 Å². The third-order valence-corrected chi connectivity index (χ3v) is 5.92. The Labute approximate surface area is 174 Å². The van der Waals surface area contributed by atoms with E-state index >= 15 is 0 Å². The van der Waals surface area contributed by atoms with E-state index in [0.717, 1.165) is 12.1 Å². The lowest BCUT2D eigenvalue weighted by Crippen LogP contribution is -2.51. The average molecular weight is 402 g/mol. The number of nitrogens with zero attached hydrogens (tertiary/aromatic N) is 6. The summed E-state index contributed by atoms with van der Waals surface area (Å²) in [7, 11) is 0. The number of amides is 2. The summed E-state index contributed by atoms with van der Waals surface area (Å²) in [4.78, 5) is 29.5. The molecule has 2 amide bonds. The molecule has 5 rings (SSSR count). The van der Waals surface area contributed by atoms with Crippen molar-refractivity contribution in [2.45, 2.75) is 12.3 Å². The molecule has 0 N–H and O–H groups in total. The van der Waals surface area contributed by atoms with Gasteiger partial charge in [-0.3, -0.25) is 9.59 Å². The van der Waals surface area contributed by atoms with E-state index in [2.05, 4.69) is 27.7 Å². The summed E-state index contributed by atoms with van der Waals surface area (Å²) >= 11 is 0. The zero-order valence-electron chi connectivity index (χ0n) is 16.5. The third-order valence-electron chi connectivity index (χ3n) is 5.92. The Morgan fingerprint density at radius 2 is 1.67 bits per heavy atom. The molecule has 1 aliphatic carbocycles. The quantitative estimate of drug-likeness (QED) is 0.664. The topological polar surface area (TPSA) is 84.2 Å². The Kier molecular flexibility index (Phi) is 4.74. The molecule has 0 bridgehead atoms. The fourth-order valence-electron chi connectivity index (χ4n) is 4.14. The number of carbonyl (C=O) groups excluding carboxylic acids is 2. The van der Waals surface area contributed by atoms with Gasteiger partial charge in [0.2, 0.25) is 5.91 Å². The van der Waals surface area contributed by atoms with Gasteiger partial charge in [-0.1, -0.05) is 36.4 Å². The Morgan fingerprint density at radius 3 is 2.40 bits per heavy atom. The first-order valence-electron chi connectivity index (χ1n) is 10.2. The molecular weight excluding hydrogens is 380 g/mol. The van der Waals surface area contributed by atoms with Gasteiger partial charge in [-0.25, -0.2) is 4.68 Å². The van der Waals surface area contributed by atoms with E-state index in [0.29, 0.717) is 37.7 Å². The number of carbonyl (C=O) groups is 2. The van der Waals surface area contributed by atoms with Crippen molar-refractivity contribution < 1.29 is 9.59 Å². The molecule has 2 aromatic carbocycles. The highest BCUT2D eigenvalue weighted by Crippen LogP contribution is 2.48. The van der Waals surface area contributed by atoms with Crippen molar-refractivity contribution in [1.29, 1.82) is 0 Å². The molecule has 2 heterocycles. The van der Waals surface area contributed by atoms with Crippen LogP contribution in [-0.2, 0) is 4.79 Å². The number of tetrazole rings is 1. The lowest BCUT2D eigenvalue weighted by Gasteiger charge is -2.35. The second-order valence-electron chi connectivity index (χ2n) is 7.78. The summed E-state index contributed by atoms with van der Waals surface area (Å²) in [6.07, 6.45) is 2.42. The molecule has 0 radical (unpaired) electrons. The minimum absolute atomic E-state index is 0.0365. The number of hydrogen-bond acceptors (Lipinski definition) is 5. The maximum atomic E-state index is 12.9. The van der Waals surface area contributed by atoms with Crippen molar-refractivity contribution in [2.24, 2.45) is 5.92 Å². The van der Waals surface area contributed by atoms with E-state index in [1.807, 2.05) is 40.1 Å². The summed E-state index contributed by atoms with van der Waals surface area (Å²) in [6.45, 7) is 2.25. The molecule has 8 heteroatoms. The van der Waals surface area contributed by atoms with Crippen LogP contribution in [0.15, 0.2) is 60.9 Å². The van der Waals surface area contributed by atoms with Crippen molar-refractivity contribution in [3.63, 3.8) is 0 Å². The molecule has 1 saturated carbocycles. The van der Waals surface area contributed by atoms with E-state index < -0.39 is 0 Å². The molecule has 1 aromatic heterocycles. The first-order chi connectivity index (χ1) is 14.7. The van der Waals surface area contributed by atoms with Crippen LogP contribution >= 0.6 is 0 Å². The number of benzene rings is 2. The monoisotopic (exact) mass is 402 g/mol. The average Bonchev–Trinajstić information content (AvgIpc) is 3.42. The molecule has 2 atom stereocenters. The summed E-state index contributed by atoms with van der Waals surface area (Å²) < 4.78 is 1.52. The molecule has 2 unspecified atom stereocenters. The fourth-order valence-corrected chi connectivity index (χ4v) is 4.14. The van der Waals surface area contributed by atoms with Gasteiger partial charge in [0, 0.05) is 37.7 Å². The summed E-state index contributed by atoms with van der Waals surface area (Å²) in [5.74, 6) is 0.609. The molecule has 2 aliphatic rings. The van der Waals surface area contributed by atoms with Crippen LogP contribution < -0.4 is 0 Å². The van der Waals surface area contributed by atoms with Crippen molar-refractivity contribution in [1.82, 2.24) is 30.0 Å². The summed E-state index contributed by atoms with van der Waals surface area (Å²) in [6, 6.07) is 17.5. The highest BCUT2D eigenvalue weighted by atomic mass is 16.2. The molecule has 152 valence electrons. The van der Waals surface area contributed by atoms with Crippen LogP contribution in [0.5, 0.6) is 0 Å². The van der Waals surface area contributed by atoms with Crippen molar-refractivity contribution in [3.8, 4) is 5.69 Å². The van der Waals surface area contributed by atoms with Gasteiger partial charge in [0.25, 0.3) is 5.91 Å². The van der Waals surface area contributed by atoms with Crippen LogP contribution in [0.4, 0.5) is 0 Å². The van der Waals surface area contributed by atoms with Gasteiger partial charge in [-0.15, -0.1) is 5.10 Å². The number of hydrogen-bond donors (Lipinski definition) is 0. The van der Waals surface area contributed by atoms with Gasteiger partial charge in [-0.05, 0) is 46.5 Å². The number of aromatic nitrogens is 4. The summed E-state index contributed by atoms with van der Waals surface area (Å²) in [5, 5.41) is 11.1. The van der Waals surface area contributed by atoms with Crippen LogP contribution in [0.25, 0.3) is 5.69 Å². The first-order valence-corrected chi connectivity index (χ1v) is 10.2. The van der Waals surface area contributed by atoms with Gasteiger partial charge in [0.05, 0.1) is 5.69 Å². The molecule has 3 aromatic rings. The molecule has 30 heavy (non-hydrogen) atoms. The van der Waals surface area contributed by atoms with E-state index in [1.54, 1.807) is 12.1 Å². The third kappa shape index (κ3) is 3.56. The van der Waals surface area contributed by atoms with E-state index in [9.17, 15) is 9.59 Å². The van der Waals surface area contributed by atoms with Gasteiger partial charge in [-0.2, -0.15) is 0 Å². The second-order valence-corrected chi connectivity index (χ2v) is 7.78.